The molecule has 7 heteroatoms. The van der Waals surface area contributed by atoms with Crippen LogP contribution in [0.4, 0.5) is 5.69 Å². The van der Waals surface area contributed by atoms with Crippen molar-refractivity contribution >= 4 is 23.4 Å². The summed E-state index contributed by atoms with van der Waals surface area (Å²) in [6.07, 6.45) is 2.79. The van der Waals surface area contributed by atoms with E-state index in [1.807, 2.05) is 0 Å². The maximum absolute atomic E-state index is 12.4. The number of pyridine rings is 1. The molecule has 2 heterocycles. The number of nitrogen functional groups attached to an aromatic ring is 1. The fraction of sp³-hybridized carbons (Fsp3) is 0.333. The monoisotopic (exact) mass is 262 g/mol. The number of anilines is 1. The number of imide groups is 1. The van der Waals surface area contributed by atoms with Gasteiger partial charge in [-0.2, -0.15) is 0 Å². The summed E-state index contributed by atoms with van der Waals surface area (Å²) in [5.41, 5.74) is 5.03. The second-order valence-corrected chi connectivity index (χ2v) is 4.79. The number of hydrogen-bond donors (Lipinski definition) is 2. The Hall–Kier alpha value is -2.44. The van der Waals surface area contributed by atoms with Crippen LogP contribution in [0.25, 0.3) is 0 Å². The Morgan fingerprint density at radius 1 is 1.47 bits per heavy atom. The maximum Gasteiger partial charge on any atom is 0.258 e. The quantitative estimate of drug-likeness (QED) is 0.666. The number of carbonyl (C=O) groups excluding carboxylic acids is 3. The van der Waals surface area contributed by atoms with E-state index in [4.69, 9.17) is 5.73 Å². The first kappa shape index (κ1) is 13.0. The third-order valence-electron chi connectivity index (χ3n) is 3.12. The van der Waals surface area contributed by atoms with Gasteiger partial charge in [-0.05, 0) is 19.9 Å². The maximum atomic E-state index is 12.4. The third-order valence-corrected chi connectivity index (χ3v) is 3.12. The van der Waals surface area contributed by atoms with Crippen molar-refractivity contribution in [2.75, 3.05) is 12.3 Å². The normalized spacial score (nSPS) is 18.1. The van der Waals surface area contributed by atoms with E-state index >= 15 is 0 Å². The minimum atomic E-state index is -1.12. The largest absolute Gasteiger partial charge is 0.398 e. The van der Waals surface area contributed by atoms with Crippen molar-refractivity contribution in [2.45, 2.75) is 19.4 Å². The van der Waals surface area contributed by atoms with Crippen molar-refractivity contribution in [2.24, 2.45) is 0 Å². The molecule has 0 spiro atoms. The molecule has 19 heavy (non-hydrogen) atoms. The highest BCUT2D eigenvalue weighted by Crippen LogP contribution is 2.22. The Morgan fingerprint density at radius 2 is 2.16 bits per heavy atom. The van der Waals surface area contributed by atoms with Crippen LogP contribution in [0.1, 0.15) is 24.2 Å². The van der Waals surface area contributed by atoms with Crippen molar-refractivity contribution in [1.29, 1.82) is 0 Å². The molecule has 0 radical (unpaired) electrons. The van der Waals surface area contributed by atoms with Gasteiger partial charge in [-0.15, -0.1) is 0 Å². The Bertz CT molecular complexity index is 568. The number of piperazine rings is 1. The van der Waals surface area contributed by atoms with Gasteiger partial charge in [0, 0.05) is 18.1 Å². The second-order valence-electron chi connectivity index (χ2n) is 4.79. The number of aromatic nitrogens is 1. The van der Waals surface area contributed by atoms with E-state index in [0.717, 1.165) is 0 Å². The van der Waals surface area contributed by atoms with Gasteiger partial charge in [0.2, 0.25) is 5.91 Å². The van der Waals surface area contributed by atoms with E-state index < -0.39 is 23.3 Å². The predicted molar refractivity (Wildman–Crippen MR) is 66.9 cm³/mol. The number of nitrogens with zero attached hydrogens (tertiary/aromatic N) is 2. The van der Waals surface area contributed by atoms with Crippen LogP contribution in [0.3, 0.4) is 0 Å². The van der Waals surface area contributed by atoms with Crippen molar-refractivity contribution in [3.8, 4) is 0 Å². The van der Waals surface area contributed by atoms with Gasteiger partial charge >= 0.3 is 0 Å². The van der Waals surface area contributed by atoms with Gasteiger partial charge in [-0.1, -0.05) is 0 Å². The molecule has 1 fully saturated rings. The predicted octanol–water partition coefficient (Wildman–Crippen LogP) is -0.459. The fourth-order valence-electron chi connectivity index (χ4n) is 1.84. The topological polar surface area (TPSA) is 105 Å². The minimum absolute atomic E-state index is 0.179. The Morgan fingerprint density at radius 3 is 2.79 bits per heavy atom. The molecule has 1 aromatic rings. The highest BCUT2D eigenvalue weighted by Gasteiger charge is 2.44. The van der Waals surface area contributed by atoms with Gasteiger partial charge in [0.15, 0.2) is 0 Å². The average molecular weight is 262 g/mol. The molecule has 0 atom stereocenters. The first-order chi connectivity index (χ1) is 8.84. The van der Waals surface area contributed by atoms with E-state index in [1.165, 1.54) is 23.4 Å². The molecular weight excluding hydrogens is 248 g/mol. The van der Waals surface area contributed by atoms with Gasteiger partial charge in [-0.25, -0.2) is 0 Å². The highest BCUT2D eigenvalue weighted by atomic mass is 16.2. The van der Waals surface area contributed by atoms with Crippen LogP contribution >= 0.6 is 0 Å². The molecular formula is C12H14N4O3. The Kier molecular flexibility index (Phi) is 2.97. The van der Waals surface area contributed by atoms with Gasteiger partial charge < -0.3 is 10.6 Å². The Labute approximate surface area is 109 Å². The summed E-state index contributed by atoms with van der Waals surface area (Å²) in [4.78, 5) is 40.6. The molecule has 1 aliphatic rings. The molecule has 3 amide bonds. The molecule has 2 rings (SSSR count). The van der Waals surface area contributed by atoms with Crippen molar-refractivity contribution in [1.82, 2.24) is 15.2 Å². The molecule has 0 aromatic carbocycles. The lowest BCUT2D eigenvalue weighted by molar-refractivity contribution is -0.143. The van der Waals surface area contributed by atoms with Crippen LogP contribution in [0, 0.1) is 0 Å². The third kappa shape index (κ3) is 2.14. The summed E-state index contributed by atoms with van der Waals surface area (Å²) in [5, 5.41) is 2.20. The summed E-state index contributed by atoms with van der Waals surface area (Å²) in [6, 6.07) is 1.49. The standard InChI is InChI=1S/C12H14N4O3/c1-12(2)11(19)15-9(17)6-16(12)10(18)7-5-14-4-3-8(7)13/h3-5H,6H2,1-2H3,(H2,13,14)(H,15,17,19). The van der Waals surface area contributed by atoms with Crippen LogP contribution in [-0.2, 0) is 9.59 Å². The lowest BCUT2D eigenvalue weighted by atomic mass is 9.97. The van der Waals surface area contributed by atoms with Gasteiger partial charge in [0.1, 0.15) is 12.1 Å². The summed E-state index contributed by atoms with van der Waals surface area (Å²) in [7, 11) is 0. The zero-order chi connectivity index (χ0) is 14.2. The number of nitrogens with two attached hydrogens (primary N) is 1. The van der Waals surface area contributed by atoms with Crippen LogP contribution < -0.4 is 11.1 Å². The van der Waals surface area contributed by atoms with Crippen molar-refractivity contribution in [3.05, 3.63) is 24.0 Å². The fourth-order valence-corrected chi connectivity index (χ4v) is 1.84. The Balaban J connectivity index is 2.40. The molecule has 100 valence electrons. The van der Waals surface area contributed by atoms with Gasteiger partial charge in [-0.3, -0.25) is 24.7 Å². The molecule has 0 unspecified atom stereocenters. The molecule has 0 aliphatic carbocycles. The lowest BCUT2D eigenvalue weighted by Crippen LogP contribution is -2.65. The molecule has 7 nitrogen and oxygen atoms in total. The van der Waals surface area contributed by atoms with E-state index in [-0.39, 0.29) is 17.8 Å². The smallest absolute Gasteiger partial charge is 0.258 e. The zero-order valence-corrected chi connectivity index (χ0v) is 10.6. The van der Waals surface area contributed by atoms with E-state index in [0.29, 0.717) is 0 Å². The first-order valence-corrected chi connectivity index (χ1v) is 5.70. The summed E-state index contributed by atoms with van der Waals surface area (Å²) >= 11 is 0. The van der Waals surface area contributed by atoms with Crippen molar-refractivity contribution < 1.29 is 14.4 Å². The summed E-state index contributed by atoms with van der Waals surface area (Å²) < 4.78 is 0. The van der Waals surface area contributed by atoms with E-state index in [1.54, 1.807) is 13.8 Å². The number of amides is 3. The summed E-state index contributed by atoms with van der Waals surface area (Å²) in [6.45, 7) is 2.95. The molecule has 1 aromatic heterocycles. The van der Waals surface area contributed by atoms with Gasteiger partial charge in [0.05, 0.1) is 5.56 Å². The van der Waals surface area contributed by atoms with E-state index in [9.17, 15) is 14.4 Å². The SMILES string of the molecule is CC1(C)C(=O)NC(=O)CN1C(=O)c1cnccc1N. The zero-order valence-electron chi connectivity index (χ0n) is 10.6. The van der Waals surface area contributed by atoms with E-state index in [2.05, 4.69) is 10.3 Å². The number of carbonyl (C=O) groups is 3. The van der Waals surface area contributed by atoms with Crippen molar-refractivity contribution in [3.63, 3.8) is 0 Å². The molecule has 0 saturated carbocycles. The van der Waals surface area contributed by atoms with Gasteiger partial charge in [0.25, 0.3) is 11.8 Å². The second kappa shape index (κ2) is 4.34. The highest BCUT2D eigenvalue weighted by molar-refractivity contribution is 6.09. The average Bonchev–Trinajstić information content (AvgIpc) is 2.34. The van der Waals surface area contributed by atoms with Crippen LogP contribution in [0.15, 0.2) is 18.5 Å². The number of nitrogens with one attached hydrogen (secondary N) is 1. The van der Waals surface area contributed by atoms with Crippen LogP contribution in [0.2, 0.25) is 0 Å². The number of hydrogen-bond acceptors (Lipinski definition) is 5. The first-order valence-electron chi connectivity index (χ1n) is 5.70. The molecule has 1 saturated heterocycles. The number of rotatable bonds is 1. The van der Waals surface area contributed by atoms with Crippen LogP contribution in [-0.4, -0.2) is 39.7 Å². The lowest BCUT2D eigenvalue weighted by Gasteiger charge is -2.40. The molecule has 0 bridgehead atoms. The molecule has 3 N–H and O–H groups in total. The summed E-state index contributed by atoms with van der Waals surface area (Å²) in [5.74, 6) is -1.52. The minimum Gasteiger partial charge on any atom is -0.398 e. The van der Waals surface area contributed by atoms with Crippen LogP contribution in [0.5, 0.6) is 0 Å². The molecule has 1 aliphatic heterocycles.